The van der Waals surface area contributed by atoms with Crippen molar-refractivity contribution in [3.8, 4) is 5.69 Å². The van der Waals surface area contributed by atoms with Gasteiger partial charge in [-0.3, -0.25) is 4.79 Å². The first-order valence-corrected chi connectivity index (χ1v) is 8.85. The van der Waals surface area contributed by atoms with Crippen molar-refractivity contribution in [2.45, 2.75) is 32.4 Å². The first-order valence-electron chi connectivity index (χ1n) is 8.85. The van der Waals surface area contributed by atoms with Crippen molar-refractivity contribution in [1.82, 2.24) is 20.0 Å². The minimum atomic E-state index is 0.0935. The van der Waals surface area contributed by atoms with Crippen molar-refractivity contribution >= 4 is 5.91 Å². The number of amides is 1. The topological polar surface area (TPSA) is 59.4 Å². The van der Waals surface area contributed by atoms with Crippen LogP contribution in [0.3, 0.4) is 0 Å². The van der Waals surface area contributed by atoms with E-state index in [0.717, 1.165) is 11.3 Å². The number of ether oxygens (including phenoxy) is 1. The van der Waals surface area contributed by atoms with Gasteiger partial charge in [0.25, 0.3) is 0 Å². The number of nitrogens with zero attached hydrogens (tertiary/aromatic N) is 3. The Morgan fingerprint density at radius 1 is 1.24 bits per heavy atom. The van der Waals surface area contributed by atoms with Crippen LogP contribution >= 0.6 is 0 Å². The van der Waals surface area contributed by atoms with Crippen molar-refractivity contribution < 1.29 is 9.53 Å². The van der Waals surface area contributed by atoms with E-state index in [2.05, 4.69) is 36.4 Å². The first-order chi connectivity index (χ1) is 12.1. The second-order valence-corrected chi connectivity index (χ2v) is 6.50. The van der Waals surface area contributed by atoms with Crippen molar-refractivity contribution in [3.63, 3.8) is 0 Å². The minimum absolute atomic E-state index is 0.0935. The Labute approximate surface area is 148 Å². The van der Waals surface area contributed by atoms with E-state index in [4.69, 9.17) is 4.74 Å². The van der Waals surface area contributed by atoms with Gasteiger partial charge in [-0.1, -0.05) is 18.2 Å². The smallest absolute Gasteiger partial charge is 0.224 e. The van der Waals surface area contributed by atoms with E-state index in [9.17, 15) is 4.79 Å². The van der Waals surface area contributed by atoms with Gasteiger partial charge < -0.3 is 15.0 Å². The molecule has 2 unspecified atom stereocenters. The lowest BCUT2D eigenvalue weighted by atomic mass is 10.0. The molecule has 1 aliphatic heterocycles. The summed E-state index contributed by atoms with van der Waals surface area (Å²) in [6, 6.07) is 10.3. The van der Waals surface area contributed by atoms with Gasteiger partial charge in [0.2, 0.25) is 5.91 Å². The van der Waals surface area contributed by atoms with Gasteiger partial charge in [0.1, 0.15) is 0 Å². The molecular formula is C19H26N4O2. The molecule has 1 aromatic carbocycles. The highest BCUT2D eigenvalue weighted by atomic mass is 16.5. The molecule has 1 aromatic heterocycles. The molecule has 0 bridgehead atoms. The highest BCUT2D eigenvalue weighted by Crippen LogP contribution is 2.21. The van der Waals surface area contributed by atoms with E-state index in [-0.39, 0.29) is 18.0 Å². The Kier molecular flexibility index (Phi) is 5.83. The summed E-state index contributed by atoms with van der Waals surface area (Å²) in [5.74, 6) is 0.191. The number of hydrogen-bond donors (Lipinski definition) is 1. The molecule has 2 aromatic rings. The summed E-state index contributed by atoms with van der Waals surface area (Å²) in [6.07, 6.45) is 4.21. The number of rotatable bonds is 6. The first kappa shape index (κ1) is 17.6. The third-order valence-electron chi connectivity index (χ3n) is 4.53. The van der Waals surface area contributed by atoms with Gasteiger partial charge in [0.15, 0.2) is 0 Å². The number of para-hydroxylation sites is 1. The summed E-state index contributed by atoms with van der Waals surface area (Å²) < 4.78 is 7.18. The van der Waals surface area contributed by atoms with Crippen LogP contribution in [0.25, 0.3) is 5.69 Å². The zero-order valence-corrected chi connectivity index (χ0v) is 14.9. The second-order valence-electron chi connectivity index (χ2n) is 6.50. The standard InChI is InChI=1S/C19H26N4O2/c1-15(14-19(24)22-10-12-25-13-11-22)21-16(2)17-6-3-4-7-18(17)23-9-5-8-20-23/h3-9,15-16,21H,10-14H2,1-2H3. The Bertz CT molecular complexity index is 680. The molecule has 1 saturated heterocycles. The van der Waals surface area contributed by atoms with Crippen molar-refractivity contribution in [2.75, 3.05) is 26.3 Å². The molecule has 25 heavy (non-hydrogen) atoms. The Hall–Kier alpha value is -2.18. The van der Waals surface area contributed by atoms with Crippen LogP contribution in [-0.4, -0.2) is 52.9 Å². The summed E-state index contributed by atoms with van der Waals surface area (Å²) in [6.45, 7) is 6.86. The Morgan fingerprint density at radius 2 is 2.00 bits per heavy atom. The van der Waals surface area contributed by atoms with Gasteiger partial charge in [-0.15, -0.1) is 0 Å². The Balaban J connectivity index is 1.62. The quantitative estimate of drug-likeness (QED) is 0.874. The number of aromatic nitrogens is 2. The molecule has 2 heterocycles. The molecule has 1 N–H and O–H groups in total. The molecule has 6 nitrogen and oxygen atoms in total. The fourth-order valence-electron chi connectivity index (χ4n) is 3.25. The van der Waals surface area contributed by atoms with Crippen LogP contribution in [0, 0.1) is 0 Å². The highest BCUT2D eigenvalue weighted by molar-refractivity contribution is 5.76. The predicted octanol–water partition coefficient (Wildman–Crippen LogP) is 2.16. The van der Waals surface area contributed by atoms with Crippen LogP contribution in [0.1, 0.15) is 31.9 Å². The largest absolute Gasteiger partial charge is 0.378 e. The zero-order chi connectivity index (χ0) is 17.6. The van der Waals surface area contributed by atoms with E-state index in [1.54, 1.807) is 6.20 Å². The molecule has 1 amide bonds. The van der Waals surface area contributed by atoms with E-state index in [0.29, 0.717) is 32.7 Å². The predicted molar refractivity (Wildman–Crippen MR) is 96.6 cm³/mol. The second kappa shape index (κ2) is 8.27. The molecular weight excluding hydrogens is 316 g/mol. The fraction of sp³-hybridized carbons (Fsp3) is 0.474. The molecule has 3 rings (SSSR count). The molecule has 0 saturated carbocycles. The molecule has 1 aliphatic rings. The van der Waals surface area contributed by atoms with Gasteiger partial charge >= 0.3 is 0 Å². The molecule has 0 aliphatic carbocycles. The number of morpholine rings is 1. The maximum Gasteiger partial charge on any atom is 0.224 e. The summed E-state index contributed by atoms with van der Waals surface area (Å²) in [4.78, 5) is 14.3. The SMILES string of the molecule is CC(CC(=O)N1CCOCC1)NC(C)c1ccccc1-n1cccn1. The number of carbonyl (C=O) groups is 1. The molecule has 134 valence electrons. The summed E-state index contributed by atoms with van der Waals surface area (Å²) in [5.41, 5.74) is 2.22. The lowest BCUT2D eigenvalue weighted by Gasteiger charge is -2.29. The molecule has 0 spiro atoms. The average molecular weight is 342 g/mol. The summed E-state index contributed by atoms with van der Waals surface area (Å²) >= 11 is 0. The monoisotopic (exact) mass is 342 g/mol. The average Bonchev–Trinajstić information content (AvgIpc) is 3.17. The minimum Gasteiger partial charge on any atom is -0.378 e. The van der Waals surface area contributed by atoms with Crippen LogP contribution in [-0.2, 0) is 9.53 Å². The lowest BCUT2D eigenvalue weighted by molar-refractivity contribution is -0.135. The van der Waals surface area contributed by atoms with E-state index >= 15 is 0 Å². The van der Waals surface area contributed by atoms with Crippen LogP contribution in [0.5, 0.6) is 0 Å². The number of benzene rings is 1. The van der Waals surface area contributed by atoms with Crippen molar-refractivity contribution in [2.24, 2.45) is 0 Å². The maximum atomic E-state index is 12.4. The van der Waals surface area contributed by atoms with Gasteiger partial charge in [-0.2, -0.15) is 5.10 Å². The van der Waals surface area contributed by atoms with Crippen LogP contribution in [0.2, 0.25) is 0 Å². The van der Waals surface area contributed by atoms with Crippen LogP contribution < -0.4 is 5.32 Å². The third-order valence-corrected chi connectivity index (χ3v) is 4.53. The number of hydrogen-bond acceptors (Lipinski definition) is 4. The molecule has 1 fully saturated rings. The fourth-order valence-corrected chi connectivity index (χ4v) is 3.25. The zero-order valence-electron chi connectivity index (χ0n) is 14.9. The lowest BCUT2D eigenvalue weighted by Crippen LogP contribution is -2.43. The number of nitrogens with one attached hydrogen (secondary N) is 1. The third kappa shape index (κ3) is 4.46. The normalized spacial score (nSPS) is 17.3. The summed E-state index contributed by atoms with van der Waals surface area (Å²) in [5, 5.41) is 7.88. The van der Waals surface area contributed by atoms with Crippen LogP contribution in [0.15, 0.2) is 42.7 Å². The van der Waals surface area contributed by atoms with E-state index in [1.807, 2.05) is 34.0 Å². The number of carbonyl (C=O) groups excluding carboxylic acids is 1. The van der Waals surface area contributed by atoms with E-state index < -0.39 is 0 Å². The molecule has 0 radical (unpaired) electrons. The molecule has 2 atom stereocenters. The summed E-state index contributed by atoms with van der Waals surface area (Å²) in [7, 11) is 0. The van der Waals surface area contributed by atoms with Gasteiger partial charge in [-0.25, -0.2) is 4.68 Å². The van der Waals surface area contributed by atoms with E-state index in [1.165, 1.54) is 0 Å². The van der Waals surface area contributed by atoms with Gasteiger partial charge in [0.05, 0.1) is 18.9 Å². The van der Waals surface area contributed by atoms with Crippen LogP contribution in [0.4, 0.5) is 0 Å². The van der Waals surface area contributed by atoms with Gasteiger partial charge in [0, 0.05) is 44.0 Å². The Morgan fingerprint density at radius 3 is 2.72 bits per heavy atom. The highest BCUT2D eigenvalue weighted by Gasteiger charge is 2.21. The van der Waals surface area contributed by atoms with Crippen molar-refractivity contribution in [3.05, 3.63) is 48.3 Å². The van der Waals surface area contributed by atoms with Crippen molar-refractivity contribution in [1.29, 1.82) is 0 Å². The maximum absolute atomic E-state index is 12.4. The van der Waals surface area contributed by atoms with Gasteiger partial charge in [-0.05, 0) is 31.5 Å². The molecule has 6 heteroatoms.